The van der Waals surface area contributed by atoms with Crippen LogP contribution in [0.25, 0.3) is 0 Å². The number of Topliss-reactive ketones (excluding diaryl/α,β-unsaturated/α-hetero) is 1. The summed E-state index contributed by atoms with van der Waals surface area (Å²) in [5.41, 5.74) is 0.430. The average molecular weight is 486 g/mol. The summed E-state index contributed by atoms with van der Waals surface area (Å²) in [6.07, 6.45) is 0.392. The first-order valence-corrected chi connectivity index (χ1v) is 10.6. The minimum absolute atomic E-state index is 0.0161. The molecule has 1 saturated heterocycles. The maximum Gasteiger partial charge on any atom is 0.322 e. The molecule has 4 amide bonds. The van der Waals surface area contributed by atoms with Gasteiger partial charge in [0.15, 0.2) is 11.3 Å². The highest BCUT2D eigenvalue weighted by molar-refractivity contribution is 9.10. The van der Waals surface area contributed by atoms with Gasteiger partial charge in [0, 0.05) is 23.0 Å². The first-order chi connectivity index (χ1) is 14.8. The van der Waals surface area contributed by atoms with E-state index in [0.717, 1.165) is 10.0 Å². The number of rotatable bonds is 7. The smallest absolute Gasteiger partial charge is 0.322 e. The molecule has 0 aliphatic carbocycles. The van der Waals surface area contributed by atoms with Gasteiger partial charge in [0.05, 0.1) is 6.54 Å². The highest BCUT2D eigenvalue weighted by Gasteiger charge is 2.50. The summed E-state index contributed by atoms with van der Waals surface area (Å²) in [5.74, 6) is -0.260. The molecule has 0 bridgehead atoms. The first kappa shape index (κ1) is 21.0. The molecule has 8 nitrogen and oxygen atoms in total. The molecule has 2 aromatic carbocycles. The average Bonchev–Trinajstić information content (AvgIpc) is 3.22. The lowest BCUT2D eigenvalue weighted by atomic mass is 9.89. The summed E-state index contributed by atoms with van der Waals surface area (Å²) in [6.45, 7) is 1.98. The van der Waals surface area contributed by atoms with Gasteiger partial charge in [-0.15, -0.1) is 0 Å². The quantitative estimate of drug-likeness (QED) is 0.586. The summed E-state index contributed by atoms with van der Waals surface area (Å²) in [6, 6.07) is 11.5. The van der Waals surface area contributed by atoms with Crippen LogP contribution < -0.4 is 15.4 Å². The van der Waals surface area contributed by atoms with E-state index in [1.54, 1.807) is 49.4 Å². The van der Waals surface area contributed by atoms with Gasteiger partial charge in [0.2, 0.25) is 0 Å². The van der Waals surface area contributed by atoms with E-state index in [-0.39, 0.29) is 31.4 Å². The Balaban J connectivity index is 1.59. The van der Waals surface area contributed by atoms with Crippen LogP contribution in [-0.2, 0) is 21.7 Å². The van der Waals surface area contributed by atoms with Crippen LogP contribution in [0.15, 0.2) is 46.9 Å². The van der Waals surface area contributed by atoms with Gasteiger partial charge in [0.1, 0.15) is 12.4 Å². The number of nitrogens with zero attached hydrogens (tertiary/aromatic N) is 1. The van der Waals surface area contributed by atoms with Gasteiger partial charge in [-0.25, -0.2) is 4.79 Å². The summed E-state index contributed by atoms with van der Waals surface area (Å²) in [4.78, 5) is 50.8. The number of ketones is 1. The standard InChI is InChI=1S/C22H20BrN3O5/c1-2-16(27)11-31-17-7-8-18-13(9-17)10-26(19(18)28)12-22(20(29)24-21(30)25-22)14-3-5-15(23)6-4-14/h3-9H,2,10-12H2,1H3,(H2,24,25,29,30). The van der Waals surface area contributed by atoms with E-state index >= 15 is 0 Å². The number of urea groups is 1. The predicted octanol–water partition coefficient (Wildman–Crippen LogP) is 2.50. The summed E-state index contributed by atoms with van der Waals surface area (Å²) < 4.78 is 6.34. The van der Waals surface area contributed by atoms with Crippen LogP contribution in [0.4, 0.5) is 4.79 Å². The largest absolute Gasteiger partial charge is 0.486 e. The van der Waals surface area contributed by atoms with Crippen LogP contribution in [0.2, 0.25) is 0 Å². The fraction of sp³-hybridized carbons (Fsp3) is 0.273. The van der Waals surface area contributed by atoms with Crippen molar-refractivity contribution in [2.24, 2.45) is 0 Å². The van der Waals surface area contributed by atoms with Gasteiger partial charge < -0.3 is 15.0 Å². The zero-order valence-corrected chi connectivity index (χ0v) is 18.3. The van der Waals surface area contributed by atoms with Crippen molar-refractivity contribution in [1.82, 2.24) is 15.5 Å². The fourth-order valence-electron chi connectivity index (χ4n) is 3.76. The van der Waals surface area contributed by atoms with Gasteiger partial charge in [0.25, 0.3) is 11.8 Å². The van der Waals surface area contributed by atoms with E-state index in [1.165, 1.54) is 4.90 Å². The van der Waals surface area contributed by atoms with Gasteiger partial charge in [-0.3, -0.25) is 19.7 Å². The molecule has 0 saturated carbocycles. The number of nitrogens with one attached hydrogen (secondary N) is 2. The topological polar surface area (TPSA) is 105 Å². The molecule has 9 heteroatoms. The molecular weight excluding hydrogens is 466 g/mol. The molecule has 2 N–H and O–H groups in total. The Labute approximate surface area is 187 Å². The van der Waals surface area contributed by atoms with Crippen molar-refractivity contribution in [3.05, 3.63) is 63.6 Å². The monoisotopic (exact) mass is 485 g/mol. The molecule has 1 fully saturated rings. The minimum atomic E-state index is -1.39. The predicted molar refractivity (Wildman–Crippen MR) is 114 cm³/mol. The third-order valence-electron chi connectivity index (χ3n) is 5.46. The van der Waals surface area contributed by atoms with E-state index in [9.17, 15) is 19.2 Å². The molecule has 2 heterocycles. The number of ether oxygens (including phenoxy) is 1. The number of benzene rings is 2. The molecule has 0 aromatic heterocycles. The highest BCUT2D eigenvalue weighted by atomic mass is 79.9. The molecule has 160 valence electrons. The van der Waals surface area contributed by atoms with Crippen LogP contribution in [0.1, 0.15) is 34.8 Å². The van der Waals surface area contributed by atoms with Gasteiger partial charge in [-0.1, -0.05) is 35.0 Å². The van der Waals surface area contributed by atoms with Gasteiger partial charge in [-0.2, -0.15) is 0 Å². The van der Waals surface area contributed by atoms with Crippen molar-refractivity contribution in [1.29, 1.82) is 0 Å². The lowest BCUT2D eigenvalue weighted by Gasteiger charge is -2.31. The van der Waals surface area contributed by atoms with Gasteiger partial charge in [-0.05, 0) is 41.5 Å². The Kier molecular flexibility index (Phi) is 5.53. The van der Waals surface area contributed by atoms with E-state index in [1.807, 2.05) is 0 Å². The first-order valence-electron chi connectivity index (χ1n) is 9.79. The molecule has 1 atom stereocenters. The number of amides is 4. The number of halogens is 1. The molecule has 31 heavy (non-hydrogen) atoms. The number of imide groups is 1. The Bertz CT molecular complexity index is 1090. The Morgan fingerprint density at radius 1 is 1.16 bits per heavy atom. The molecule has 0 spiro atoms. The third kappa shape index (κ3) is 3.93. The lowest BCUT2D eigenvalue weighted by molar-refractivity contribution is -0.125. The maximum absolute atomic E-state index is 13.0. The normalized spacial score (nSPS) is 19.8. The Morgan fingerprint density at radius 2 is 1.90 bits per heavy atom. The molecule has 0 radical (unpaired) electrons. The van der Waals surface area contributed by atoms with E-state index in [2.05, 4.69) is 26.6 Å². The molecule has 2 aliphatic rings. The number of carbonyl (C=O) groups is 4. The number of hydrogen-bond acceptors (Lipinski definition) is 5. The van der Waals surface area contributed by atoms with E-state index in [4.69, 9.17) is 4.74 Å². The van der Waals surface area contributed by atoms with Crippen molar-refractivity contribution in [2.45, 2.75) is 25.4 Å². The summed E-state index contributed by atoms with van der Waals surface area (Å²) in [5, 5.41) is 4.99. The molecule has 2 aromatic rings. The molecule has 4 rings (SSSR count). The molecule has 1 unspecified atom stereocenters. The van der Waals surface area contributed by atoms with E-state index in [0.29, 0.717) is 23.3 Å². The number of hydrogen-bond donors (Lipinski definition) is 2. The molecule has 2 aliphatic heterocycles. The second kappa shape index (κ2) is 8.14. The van der Waals surface area contributed by atoms with Crippen LogP contribution in [-0.4, -0.2) is 41.7 Å². The second-order valence-corrected chi connectivity index (χ2v) is 8.40. The van der Waals surface area contributed by atoms with Crippen molar-refractivity contribution < 1.29 is 23.9 Å². The second-order valence-electron chi connectivity index (χ2n) is 7.48. The number of fused-ring (bicyclic) bond motifs is 1. The summed E-state index contributed by atoms with van der Waals surface area (Å²) >= 11 is 3.36. The SMILES string of the molecule is CCC(=O)COc1ccc2c(c1)CN(CC1(c3ccc(Br)cc3)NC(=O)NC1=O)C2=O. The van der Waals surface area contributed by atoms with Crippen LogP contribution in [0.3, 0.4) is 0 Å². The zero-order valence-electron chi connectivity index (χ0n) is 16.7. The summed E-state index contributed by atoms with van der Waals surface area (Å²) in [7, 11) is 0. The lowest BCUT2D eigenvalue weighted by Crippen LogP contribution is -2.52. The van der Waals surface area contributed by atoms with Crippen LogP contribution in [0, 0.1) is 0 Å². The van der Waals surface area contributed by atoms with Crippen molar-refractivity contribution in [3.63, 3.8) is 0 Å². The maximum atomic E-state index is 13.0. The zero-order chi connectivity index (χ0) is 22.2. The van der Waals surface area contributed by atoms with E-state index < -0.39 is 17.5 Å². The van der Waals surface area contributed by atoms with Crippen LogP contribution >= 0.6 is 15.9 Å². The minimum Gasteiger partial charge on any atom is -0.486 e. The Hall–Kier alpha value is -3.20. The molecular formula is C22H20BrN3O5. The van der Waals surface area contributed by atoms with Crippen molar-refractivity contribution in [2.75, 3.05) is 13.2 Å². The number of carbonyl (C=O) groups excluding carboxylic acids is 4. The van der Waals surface area contributed by atoms with Crippen LogP contribution in [0.5, 0.6) is 5.75 Å². The highest BCUT2D eigenvalue weighted by Crippen LogP contribution is 2.33. The Morgan fingerprint density at radius 3 is 2.55 bits per heavy atom. The van der Waals surface area contributed by atoms with Crippen molar-refractivity contribution >= 4 is 39.6 Å². The fourth-order valence-corrected chi connectivity index (χ4v) is 4.02. The third-order valence-corrected chi connectivity index (χ3v) is 5.99. The van der Waals surface area contributed by atoms with Crippen molar-refractivity contribution in [3.8, 4) is 5.75 Å². The van der Waals surface area contributed by atoms with Gasteiger partial charge >= 0.3 is 6.03 Å².